The summed E-state index contributed by atoms with van der Waals surface area (Å²) in [4.78, 5) is 62.9. The van der Waals surface area contributed by atoms with E-state index in [1.165, 1.54) is 109 Å². The third-order valence-electron chi connectivity index (χ3n) is 30.0. The zero-order valence-electron chi connectivity index (χ0n) is 55.1. The van der Waals surface area contributed by atoms with Crippen molar-refractivity contribution in [1.82, 2.24) is 8.80 Å². The molecule has 0 N–H and O–H groups in total. The van der Waals surface area contributed by atoms with E-state index in [4.69, 9.17) is 0 Å². The lowest BCUT2D eigenvalue weighted by Crippen LogP contribution is -2.39. The van der Waals surface area contributed by atoms with E-state index in [1.54, 1.807) is 0 Å². The Kier molecular flexibility index (Phi) is 9.61. The van der Waals surface area contributed by atoms with Crippen LogP contribution in [0.2, 0.25) is 0 Å². The molecule has 6 nitrogen and oxygen atoms in total. The number of hydrogen-bond donors (Lipinski definition) is 0. The Balaban J connectivity index is 0.988. The van der Waals surface area contributed by atoms with Crippen molar-refractivity contribution in [3.63, 3.8) is 0 Å². The molecule has 4 aromatic heterocycles. The molecule has 24 rings (SSSR count). The SMILES string of the molecule is CC(C)C12CCC(C)(CC1)c1cc3c4c5ccc6c7c(ccc(c57)c5c7cc8c(cc7n(c3cc1C2=O)c45)C(=O)C1(C(C)C)CCC8(C)CC1)c1c2cc3c(cc2n2c4cc5c(cc4c6c12)C1(C)CCC(C(C)C)(CC1)C5=O)C(=O)C1(C(C)C)CCC3(C)CC1. The molecule has 12 aromatic rings. The molecule has 90 heavy (non-hydrogen) atoms. The minimum atomic E-state index is -0.390. The Morgan fingerprint density at radius 1 is 0.278 bits per heavy atom. The molecule has 0 saturated heterocycles. The monoisotopic (exact) mass is 1180 g/mol. The molecule has 4 heterocycles. The van der Waals surface area contributed by atoms with Gasteiger partial charge >= 0.3 is 0 Å². The van der Waals surface area contributed by atoms with Gasteiger partial charge in [0.25, 0.3) is 0 Å². The minimum Gasteiger partial charge on any atom is -0.308 e. The van der Waals surface area contributed by atoms with Crippen LogP contribution < -0.4 is 0 Å². The van der Waals surface area contributed by atoms with E-state index in [0.717, 1.165) is 147 Å². The quantitative estimate of drug-likeness (QED) is 0.165. The van der Waals surface area contributed by atoms with Gasteiger partial charge in [-0.2, -0.15) is 0 Å². The Labute approximate surface area is 526 Å². The molecule has 8 aromatic carbocycles. The molecule has 6 heteroatoms. The van der Waals surface area contributed by atoms with Gasteiger partial charge in [0.05, 0.1) is 33.1 Å². The average molecular weight is 1190 g/mol. The largest absolute Gasteiger partial charge is 0.308 e. The zero-order valence-corrected chi connectivity index (χ0v) is 55.1. The fourth-order valence-electron chi connectivity index (χ4n) is 23.4. The van der Waals surface area contributed by atoms with Crippen LogP contribution in [0.3, 0.4) is 0 Å². The summed E-state index contributed by atoms with van der Waals surface area (Å²) < 4.78 is 5.05. The van der Waals surface area contributed by atoms with E-state index in [0.29, 0.717) is 23.1 Å². The number of ketones is 4. The van der Waals surface area contributed by atoms with Crippen LogP contribution in [-0.4, -0.2) is 31.9 Å². The first-order valence-electron chi connectivity index (χ1n) is 35.3. The predicted octanol–water partition coefficient (Wildman–Crippen LogP) is 21.6. The number of hydrogen-bond acceptors (Lipinski definition) is 4. The van der Waals surface area contributed by atoms with Gasteiger partial charge in [0.15, 0.2) is 23.1 Å². The summed E-state index contributed by atoms with van der Waals surface area (Å²) in [6, 6.07) is 29.2. The van der Waals surface area contributed by atoms with Gasteiger partial charge in [-0.25, -0.2) is 0 Å². The van der Waals surface area contributed by atoms with Gasteiger partial charge in [-0.3, -0.25) is 19.2 Å². The molecule has 0 spiro atoms. The normalized spacial score (nSPS) is 31.7. The molecule has 8 bridgehead atoms. The van der Waals surface area contributed by atoms with Crippen molar-refractivity contribution in [2.75, 3.05) is 0 Å². The molecule has 0 unspecified atom stereocenters. The summed E-state index contributed by atoms with van der Waals surface area (Å²) in [5.41, 5.74) is 13.0. The second-order valence-electron chi connectivity index (χ2n) is 34.4. The highest BCUT2D eigenvalue weighted by molar-refractivity contribution is 6.48. The molecular weight excluding hydrogens is 1100 g/mol. The maximum atomic E-state index is 15.7. The smallest absolute Gasteiger partial charge is 0.169 e. The summed E-state index contributed by atoms with van der Waals surface area (Å²) in [5.74, 6) is 2.20. The number of aromatic nitrogens is 2. The Hall–Kier alpha value is -6.92. The average Bonchev–Trinajstić information content (AvgIpc) is 1.48. The van der Waals surface area contributed by atoms with Gasteiger partial charge < -0.3 is 8.80 Å². The van der Waals surface area contributed by atoms with Gasteiger partial charge in [0.2, 0.25) is 0 Å². The molecule has 4 saturated carbocycles. The number of carbonyl (C=O) groups excluding carboxylic acids is 4. The van der Waals surface area contributed by atoms with E-state index in [1.807, 2.05) is 0 Å². The van der Waals surface area contributed by atoms with Crippen LogP contribution in [0.5, 0.6) is 0 Å². The fourth-order valence-corrected chi connectivity index (χ4v) is 23.4. The summed E-state index contributed by atoms with van der Waals surface area (Å²) in [6.07, 6.45) is 15.3. The van der Waals surface area contributed by atoms with Gasteiger partial charge in [-0.05, 0) is 251 Å². The molecule has 12 aliphatic rings. The Morgan fingerprint density at radius 2 is 0.478 bits per heavy atom. The van der Waals surface area contributed by atoms with Crippen molar-refractivity contribution in [2.24, 2.45) is 45.3 Å². The van der Waals surface area contributed by atoms with E-state index in [9.17, 15) is 0 Å². The lowest BCUT2D eigenvalue weighted by Gasteiger charge is -2.42. The summed E-state index contributed by atoms with van der Waals surface area (Å²) in [6.45, 7) is 28.0. The summed E-state index contributed by atoms with van der Waals surface area (Å²) in [7, 11) is 0. The molecule has 454 valence electrons. The van der Waals surface area contributed by atoms with E-state index >= 15 is 19.2 Å². The van der Waals surface area contributed by atoms with Crippen molar-refractivity contribution in [1.29, 1.82) is 0 Å². The number of rotatable bonds is 4. The van der Waals surface area contributed by atoms with Crippen molar-refractivity contribution >= 4 is 132 Å². The van der Waals surface area contributed by atoms with Crippen LogP contribution in [0, 0.1) is 45.3 Å². The van der Waals surface area contributed by atoms with Gasteiger partial charge in [-0.15, -0.1) is 0 Å². The van der Waals surface area contributed by atoms with Crippen molar-refractivity contribution in [2.45, 2.75) is 207 Å². The third kappa shape index (κ3) is 5.66. The molecule has 0 radical (unpaired) electrons. The molecule has 12 aliphatic carbocycles. The number of carbonyl (C=O) groups is 4. The summed E-state index contributed by atoms with van der Waals surface area (Å²) in [5, 5.41) is 17.1. The standard InChI is InChI=1S/C84H84N2O4/c1-41(2)81-25-17-77(9,18-26-81)57-33-53-61(37-49(57)73(81)87)85-62-38-50-58(78(10)19-27-82(28-20-78,42(3)4)74(50)88)34-54(62)68-46-15-16-48-66-47(14-13-45(65(46)66)67(53)71(68)85)69-55-35-59-51(75(89)83(43(5)6)29-21-79(59,11)22-30-83)39-63(55)86-64-40-52-60(36-56(64)70(48)72(69)86)80(12)23-31-84(32-24-80,44(7)8)76(52)90/h13-16,33-44H,17-32H2,1-12H3. The molecule has 0 aliphatic heterocycles. The topological polar surface area (TPSA) is 77.1 Å². The molecular formula is C84H84N2O4. The number of Topliss-reactive ketones (excluding diaryl/α,β-unsaturated/α-hetero) is 4. The van der Waals surface area contributed by atoms with Gasteiger partial charge in [0.1, 0.15) is 0 Å². The first-order valence-corrected chi connectivity index (χ1v) is 35.3. The predicted molar refractivity (Wildman–Crippen MR) is 369 cm³/mol. The second-order valence-corrected chi connectivity index (χ2v) is 34.4. The lowest BCUT2D eigenvalue weighted by atomic mass is 9.60. The molecule has 4 fully saturated rings. The minimum absolute atomic E-state index is 0.137. The summed E-state index contributed by atoms with van der Waals surface area (Å²) >= 11 is 0. The van der Waals surface area contributed by atoms with E-state index in [2.05, 4.69) is 165 Å². The highest BCUT2D eigenvalue weighted by atomic mass is 16.1. The second kappa shape index (κ2) is 16.1. The van der Waals surface area contributed by atoms with Crippen LogP contribution in [0.15, 0.2) is 72.8 Å². The first kappa shape index (κ1) is 53.7. The van der Waals surface area contributed by atoms with Crippen molar-refractivity contribution in [3.8, 4) is 0 Å². The van der Waals surface area contributed by atoms with Crippen LogP contribution in [-0.2, 0) is 21.7 Å². The van der Waals surface area contributed by atoms with Crippen molar-refractivity contribution < 1.29 is 19.2 Å². The number of nitrogens with zero attached hydrogens (tertiary/aromatic N) is 2. The highest BCUT2D eigenvalue weighted by Crippen LogP contribution is 2.64. The Bertz CT molecular complexity index is 4760. The van der Waals surface area contributed by atoms with E-state index in [-0.39, 0.29) is 45.3 Å². The third-order valence-corrected chi connectivity index (χ3v) is 30.0. The number of fused-ring (bicyclic) bond motifs is 24. The maximum absolute atomic E-state index is 15.7. The van der Waals surface area contributed by atoms with Gasteiger partial charge in [-0.1, -0.05) is 107 Å². The van der Waals surface area contributed by atoms with Crippen molar-refractivity contribution in [3.05, 3.63) is 117 Å². The van der Waals surface area contributed by atoms with E-state index < -0.39 is 21.7 Å². The van der Waals surface area contributed by atoms with Crippen LogP contribution in [0.1, 0.15) is 250 Å². The molecule has 0 atom stereocenters. The first-order chi connectivity index (χ1) is 42.9. The van der Waals surface area contributed by atoms with Crippen LogP contribution in [0.25, 0.3) is 109 Å². The van der Waals surface area contributed by atoms with Crippen LogP contribution >= 0.6 is 0 Å². The van der Waals surface area contributed by atoms with Crippen LogP contribution in [0.4, 0.5) is 0 Å². The number of benzene rings is 8. The maximum Gasteiger partial charge on any atom is 0.169 e. The zero-order chi connectivity index (χ0) is 61.7. The Morgan fingerprint density at radius 3 is 0.667 bits per heavy atom. The van der Waals surface area contributed by atoms with Gasteiger partial charge in [0, 0.05) is 87.0 Å². The lowest BCUT2D eigenvalue weighted by molar-refractivity contribution is 0.0537. The fraction of sp³-hybridized carbons (Fsp3) is 0.476. The molecule has 0 amide bonds. The highest BCUT2D eigenvalue weighted by Gasteiger charge is 2.57.